The Labute approximate surface area is 95.8 Å². The van der Waals surface area contributed by atoms with E-state index in [9.17, 15) is 9.90 Å². The van der Waals surface area contributed by atoms with Gasteiger partial charge in [0.15, 0.2) is 0 Å². The number of likely N-dealkylation sites (N-methyl/N-ethyl adjacent to an activating group) is 1. The molecule has 0 saturated carbocycles. The molecule has 16 heavy (non-hydrogen) atoms. The van der Waals surface area contributed by atoms with Gasteiger partial charge in [-0.15, -0.1) is 0 Å². The van der Waals surface area contributed by atoms with Crippen molar-refractivity contribution in [2.24, 2.45) is 5.92 Å². The number of carbonyl (C=O) groups is 1. The van der Waals surface area contributed by atoms with Gasteiger partial charge in [0.2, 0.25) is 5.91 Å². The predicted octanol–water partition coefficient (Wildman–Crippen LogP) is -0.797. The highest BCUT2D eigenvalue weighted by Gasteiger charge is 2.38. The van der Waals surface area contributed by atoms with Crippen molar-refractivity contribution in [1.82, 2.24) is 10.2 Å². The molecule has 1 amide bonds. The summed E-state index contributed by atoms with van der Waals surface area (Å²) in [5, 5.41) is 12.8. The van der Waals surface area contributed by atoms with Gasteiger partial charge in [0.1, 0.15) is 0 Å². The summed E-state index contributed by atoms with van der Waals surface area (Å²) in [6.07, 6.45) is 0.341. The number of rotatable bonds is 2. The maximum absolute atomic E-state index is 12.2. The number of amides is 1. The number of hydrogen-bond donors (Lipinski definition) is 2. The number of aliphatic hydroxyl groups is 1. The number of nitrogens with zero attached hydrogens (tertiary/aromatic N) is 1. The van der Waals surface area contributed by atoms with Crippen LogP contribution in [0, 0.1) is 5.92 Å². The van der Waals surface area contributed by atoms with Crippen LogP contribution in [-0.4, -0.2) is 60.9 Å². The minimum absolute atomic E-state index is 0.00135. The average Bonchev–Trinajstić information content (AvgIpc) is 2.85. The van der Waals surface area contributed by atoms with Crippen LogP contribution in [0.4, 0.5) is 0 Å². The zero-order valence-electron chi connectivity index (χ0n) is 9.85. The summed E-state index contributed by atoms with van der Waals surface area (Å²) in [6.45, 7) is 3.84. The van der Waals surface area contributed by atoms with Crippen LogP contribution in [0.2, 0.25) is 0 Å². The van der Waals surface area contributed by atoms with E-state index >= 15 is 0 Å². The van der Waals surface area contributed by atoms with Gasteiger partial charge in [0.05, 0.1) is 24.2 Å². The van der Waals surface area contributed by atoms with Crippen molar-refractivity contribution in [1.29, 1.82) is 0 Å². The number of nitrogens with one attached hydrogen (secondary N) is 1. The van der Waals surface area contributed by atoms with Crippen molar-refractivity contribution < 1.29 is 14.6 Å². The highest BCUT2D eigenvalue weighted by atomic mass is 16.5. The van der Waals surface area contributed by atoms with Gasteiger partial charge in [-0.1, -0.05) is 0 Å². The Kier molecular flexibility index (Phi) is 3.47. The van der Waals surface area contributed by atoms with Crippen molar-refractivity contribution in [3.05, 3.63) is 0 Å². The second kappa shape index (κ2) is 4.69. The quantitative estimate of drug-likeness (QED) is 0.650. The fourth-order valence-corrected chi connectivity index (χ4v) is 2.53. The number of β-amino-alcohol motifs (C(OH)–C–C–N with tert-alkyl or cyclic N) is 1. The molecular formula is C11H20N2O3. The molecule has 2 aliphatic rings. The van der Waals surface area contributed by atoms with Gasteiger partial charge < -0.3 is 20.1 Å². The van der Waals surface area contributed by atoms with Crippen LogP contribution in [0.3, 0.4) is 0 Å². The molecule has 2 N–H and O–H groups in total. The van der Waals surface area contributed by atoms with E-state index in [-0.39, 0.29) is 24.0 Å². The Bertz CT molecular complexity index is 272. The van der Waals surface area contributed by atoms with E-state index in [1.165, 1.54) is 0 Å². The molecule has 0 bridgehead atoms. The maximum atomic E-state index is 12.2. The molecule has 0 aromatic rings. The lowest BCUT2D eigenvalue weighted by molar-refractivity contribution is -0.139. The van der Waals surface area contributed by atoms with E-state index in [2.05, 4.69) is 5.32 Å². The Morgan fingerprint density at radius 2 is 2.25 bits per heavy atom. The van der Waals surface area contributed by atoms with Crippen LogP contribution in [0.15, 0.2) is 0 Å². The number of ether oxygens (including phenoxy) is 1. The molecule has 5 heteroatoms. The Hall–Kier alpha value is -0.650. The van der Waals surface area contributed by atoms with E-state index in [0.717, 1.165) is 6.42 Å². The van der Waals surface area contributed by atoms with Crippen LogP contribution in [0.25, 0.3) is 0 Å². The van der Waals surface area contributed by atoms with E-state index in [1.807, 2.05) is 6.92 Å². The Morgan fingerprint density at radius 3 is 2.75 bits per heavy atom. The molecule has 0 spiro atoms. The second-order valence-electron chi connectivity index (χ2n) is 4.71. The molecule has 4 atom stereocenters. The molecule has 2 heterocycles. The monoisotopic (exact) mass is 228 g/mol. The third-order valence-electron chi connectivity index (χ3n) is 3.69. The average molecular weight is 228 g/mol. The summed E-state index contributed by atoms with van der Waals surface area (Å²) in [5.74, 6) is 0.0514. The van der Waals surface area contributed by atoms with Crippen molar-refractivity contribution >= 4 is 5.91 Å². The first kappa shape index (κ1) is 11.8. The van der Waals surface area contributed by atoms with Gasteiger partial charge in [-0.2, -0.15) is 0 Å². The van der Waals surface area contributed by atoms with Crippen LogP contribution in [0.5, 0.6) is 0 Å². The van der Waals surface area contributed by atoms with Crippen molar-refractivity contribution in [3.8, 4) is 0 Å². The summed E-state index contributed by atoms with van der Waals surface area (Å²) in [4.78, 5) is 13.9. The Balaban J connectivity index is 1.98. The fourth-order valence-electron chi connectivity index (χ4n) is 2.53. The van der Waals surface area contributed by atoms with Gasteiger partial charge in [0.25, 0.3) is 0 Å². The van der Waals surface area contributed by atoms with E-state index in [4.69, 9.17) is 4.74 Å². The third kappa shape index (κ3) is 2.07. The minimum atomic E-state index is -0.452. The summed E-state index contributed by atoms with van der Waals surface area (Å²) >= 11 is 0. The summed E-state index contributed by atoms with van der Waals surface area (Å²) in [5.41, 5.74) is 0. The van der Waals surface area contributed by atoms with Crippen LogP contribution in [-0.2, 0) is 9.53 Å². The second-order valence-corrected chi connectivity index (χ2v) is 4.71. The lowest BCUT2D eigenvalue weighted by Gasteiger charge is -2.29. The van der Waals surface area contributed by atoms with Crippen LogP contribution >= 0.6 is 0 Å². The number of hydrogen-bond acceptors (Lipinski definition) is 4. The van der Waals surface area contributed by atoms with Gasteiger partial charge >= 0.3 is 0 Å². The SMILES string of the molecule is CC1OCCC1C(=O)N(C)[C@H]1CNC[C@@H]1O. The van der Waals surface area contributed by atoms with Crippen LogP contribution in [0.1, 0.15) is 13.3 Å². The largest absolute Gasteiger partial charge is 0.390 e. The maximum Gasteiger partial charge on any atom is 0.228 e. The van der Waals surface area contributed by atoms with E-state index in [0.29, 0.717) is 19.7 Å². The molecule has 0 radical (unpaired) electrons. The van der Waals surface area contributed by atoms with Crippen molar-refractivity contribution in [3.63, 3.8) is 0 Å². The zero-order chi connectivity index (χ0) is 11.7. The smallest absolute Gasteiger partial charge is 0.228 e. The molecule has 5 nitrogen and oxygen atoms in total. The van der Waals surface area contributed by atoms with E-state index in [1.54, 1.807) is 11.9 Å². The standard InChI is InChI=1S/C11H20N2O3/c1-7-8(3-4-16-7)11(15)13(2)9-5-12-6-10(9)14/h7-10,12,14H,3-6H2,1-2H3/t7?,8?,9-,10-/m0/s1. The number of carbonyl (C=O) groups excluding carboxylic acids is 1. The lowest BCUT2D eigenvalue weighted by Crippen LogP contribution is -2.47. The highest BCUT2D eigenvalue weighted by molar-refractivity contribution is 5.79. The van der Waals surface area contributed by atoms with Gasteiger partial charge in [-0.05, 0) is 13.3 Å². The van der Waals surface area contributed by atoms with Gasteiger partial charge in [0, 0.05) is 26.7 Å². The normalized spacial score (nSPS) is 38.9. The first-order valence-electron chi connectivity index (χ1n) is 5.88. The molecule has 2 rings (SSSR count). The van der Waals surface area contributed by atoms with Crippen molar-refractivity contribution in [2.45, 2.75) is 31.6 Å². The fraction of sp³-hybridized carbons (Fsp3) is 0.909. The summed E-state index contributed by atoms with van der Waals surface area (Å²) in [6, 6.07) is -0.0969. The third-order valence-corrected chi connectivity index (χ3v) is 3.69. The zero-order valence-corrected chi connectivity index (χ0v) is 9.85. The molecule has 2 fully saturated rings. The lowest BCUT2D eigenvalue weighted by atomic mass is 10.00. The minimum Gasteiger partial charge on any atom is -0.390 e. The first-order chi connectivity index (χ1) is 7.61. The molecule has 2 aliphatic heterocycles. The molecule has 92 valence electrons. The van der Waals surface area contributed by atoms with Crippen LogP contribution < -0.4 is 5.32 Å². The Morgan fingerprint density at radius 1 is 1.50 bits per heavy atom. The molecular weight excluding hydrogens is 208 g/mol. The van der Waals surface area contributed by atoms with Gasteiger partial charge in [-0.25, -0.2) is 0 Å². The molecule has 2 saturated heterocycles. The first-order valence-corrected chi connectivity index (χ1v) is 5.88. The topological polar surface area (TPSA) is 61.8 Å². The summed E-state index contributed by atoms with van der Waals surface area (Å²) in [7, 11) is 1.77. The van der Waals surface area contributed by atoms with Gasteiger partial charge in [-0.3, -0.25) is 4.79 Å². The highest BCUT2D eigenvalue weighted by Crippen LogP contribution is 2.23. The summed E-state index contributed by atoms with van der Waals surface area (Å²) < 4.78 is 5.40. The predicted molar refractivity (Wildman–Crippen MR) is 59.0 cm³/mol. The van der Waals surface area contributed by atoms with E-state index < -0.39 is 6.10 Å². The molecule has 0 aliphatic carbocycles. The number of aliphatic hydroxyl groups excluding tert-OH is 1. The molecule has 0 aromatic heterocycles. The molecule has 0 aromatic carbocycles. The van der Waals surface area contributed by atoms with Crippen molar-refractivity contribution in [2.75, 3.05) is 26.7 Å². The molecule has 2 unspecified atom stereocenters.